The van der Waals surface area contributed by atoms with Gasteiger partial charge in [0.15, 0.2) is 0 Å². The van der Waals surface area contributed by atoms with Gasteiger partial charge in [0.2, 0.25) is 0 Å². The molecule has 1 fully saturated rings. The third kappa shape index (κ3) is 4.53. The number of aromatic nitrogens is 1. The molecule has 2 heterocycles. The summed E-state index contributed by atoms with van der Waals surface area (Å²) in [6.45, 7) is 2.43. The van der Waals surface area contributed by atoms with Crippen molar-refractivity contribution in [3.63, 3.8) is 0 Å². The second kappa shape index (κ2) is 9.41. The summed E-state index contributed by atoms with van der Waals surface area (Å²) in [7, 11) is 0. The number of piperidine rings is 1. The maximum absolute atomic E-state index is 12.7. The molecule has 1 aromatic heterocycles. The highest BCUT2D eigenvalue weighted by atomic mass is 35.5. The molecule has 0 bridgehead atoms. The number of benzene rings is 3. The van der Waals surface area contributed by atoms with E-state index in [4.69, 9.17) is 9.47 Å². The highest BCUT2D eigenvalue weighted by Crippen LogP contribution is 2.29. The Hall–Kier alpha value is -3.02. The van der Waals surface area contributed by atoms with Crippen molar-refractivity contribution in [2.45, 2.75) is 25.6 Å². The van der Waals surface area contributed by atoms with Gasteiger partial charge in [-0.25, -0.2) is 4.79 Å². The van der Waals surface area contributed by atoms with E-state index in [2.05, 4.69) is 22.4 Å². The number of halogens is 1. The monoisotopic (exact) mass is 436 g/mol. The van der Waals surface area contributed by atoms with Crippen LogP contribution in [0, 0.1) is 0 Å². The summed E-state index contributed by atoms with van der Waals surface area (Å²) in [5.74, 6) is 0.459. The zero-order chi connectivity index (χ0) is 20.3. The van der Waals surface area contributed by atoms with Crippen LogP contribution in [0.25, 0.3) is 21.7 Å². The molecule has 1 aliphatic rings. The van der Waals surface area contributed by atoms with Crippen LogP contribution in [0.15, 0.2) is 66.7 Å². The number of rotatable bonds is 5. The average Bonchev–Trinajstić information content (AvgIpc) is 3.24. The molecule has 3 N–H and O–H groups in total. The van der Waals surface area contributed by atoms with E-state index in [0.29, 0.717) is 5.69 Å². The molecule has 1 aliphatic heterocycles. The van der Waals surface area contributed by atoms with Gasteiger partial charge >= 0.3 is 5.97 Å². The second-order valence-electron chi connectivity index (χ2n) is 7.80. The minimum atomic E-state index is -0.364. The topological polar surface area (TPSA) is 67.9 Å². The Morgan fingerprint density at radius 1 is 0.968 bits per heavy atom. The first-order valence-corrected chi connectivity index (χ1v) is 10.5. The van der Waals surface area contributed by atoms with Crippen LogP contribution in [0.4, 0.5) is 0 Å². The van der Waals surface area contributed by atoms with Crippen LogP contribution in [0.3, 0.4) is 0 Å². The van der Waals surface area contributed by atoms with Gasteiger partial charge in [-0.1, -0.05) is 48.5 Å². The lowest BCUT2D eigenvalue weighted by Crippen LogP contribution is -3.00. The van der Waals surface area contributed by atoms with Crippen LogP contribution in [0.5, 0.6) is 5.75 Å². The summed E-state index contributed by atoms with van der Waals surface area (Å²) in [5.41, 5.74) is 2.32. The number of ether oxygens (including phenoxy) is 2. The maximum atomic E-state index is 12.7. The minimum Gasteiger partial charge on any atom is -1.00 e. The number of aromatic amines is 1. The largest absolute Gasteiger partial charge is 1.00 e. The Morgan fingerprint density at radius 3 is 2.61 bits per heavy atom. The lowest BCUT2D eigenvalue weighted by Gasteiger charge is -2.22. The molecule has 0 aliphatic carbocycles. The van der Waals surface area contributed by atoms with Gasteiger partial charge in [-0.2, -0.15) is 0 Å². The Kier molecular flexibility index (Phi) is 6.44. The molecule has 0 saturated carbocycles. The summed E-state index contributed by atoms with van der Waals surface area (Å²) >= 11 is 0. The molecule has 5 nitrogen and oxygen atoms in total. The fraction of sp³-hybridized carbons (Fsp3) is 0.240. The SMILES string of the molecule is O=C(OCc1cccc2ccccc12)c1cc2c(OC3CC[NH2+]CC3)cccc2[nH]1.[Cl-]. The number of esters is 1. The van der Waals surface area contributed by atoms with Crippen molar-refractivity contribution in [3.8, 4) is 5.75 Å². The molecule has 31 heavy (non-hydrogen) atoms. The predicted octanol–water partition coefficient (Wildman–Crippen LogP) is 0.787. The van der Waals surface area contributed by atoms with Crippen LogP contribution in [0.1, 0.15) is 28.9 Å². The Morgan fingerprint density at radius 2 is 1.74 bits per heavy atom. The first-order valence-electron chi connectivity index (χ1n) is 10.5. The quantitative estimate of drug-likeness (QED) is 0.454. The van der Waals surface area contributed by atoms with Gasteiger partial charge in [-0.05, 0) is 34.5 Å². The summed E-state index contributed by atoms with van der Waals surface area (Å²) in [4.78, 5) is 15.9. The molecular formula is C25H25ClN2O3. The number of carbonyl (C=O) groups excluding carboxylic acids is 1. The molecule has 6 heteroatoms. The number of nitrogens with two attached hydrogens (primary N) is 1. The summed E-state index contributed by atoms with van der Waals surface area (Å²) < 4.78 is 11.9. The van der Waals surface area contributed by atoms with Crippen molar-refractivity contribution < 1.29 is 32.0 Å². The number of quaternary nitrogens is 1. The molecule has 0 spiro atoms. The Balaban J connectivity index is 0.00000231. The molecule has 1 saturated heterocycles. The lowest BCUT2D eigenvalue weighted by atomic mass is 10.1. The normalized spacial score (nSPS) is 14.3. The standard InChI is InChI=1S/C25H24N2O3.ClH/c28-25(29-16-18-7-3-6-17-5-1-2-8-20(17)18)23-15-21-22(27-23)9-4-10-24(21)30-19-11-13-26-14-12-19;/h1-10,15,19,26-27H,11-14,16H2;1H. The molecular weight excluding hydrogens is 412 g/mol. The average molecular weight is 437 g/mol. The van der Waals surface area contributed by atoms with E-state index < -0.39 is 0 Å². The molecule has 3 aromatic carbocycles. The van der Waals surface area contributed by atoms with Crippen molar-refractivity contribution in [2.24, 2.45) is 0 Å². The van der Waals surface area contributed by atoms with Gasteiger partial charge in [-0.3, -0.25) is 0 Å². The predicted molar refractivity (Wildman–Crippen MR) is 117 cm³/mol. The Labute approximate surface area is 187 Å². The van der Waals surface area contributed by atoms with Crippen molar-refractivity contribution >= 4 is 27.6 Å². The molecule has 0 atom stereocenters. The van der Waals surface area contributed by atoms with Crippen LogP contribution in [0.2, 0.25) is 0 Å². The second-order valence-corrected chi connectivity index (χ2v) is 7.80. The number of carbonyl (C=O) groups is 1. The number of nitrogens with one attached hydrogen (secondary N) is 1. The molecule has 5 rings (SSSR count). The zero-order valence-electron chi connectivity index (χ0n) is 17.1. The molecule has 160 valence electrons. The van der Waals surface area contributed by atoms with Gasteiger partial charge in [0.05, 0.1) is 13.1 Å². The number of H-pyrrole nitrogens is 1. The van der Waals surface area contributed by atoms with Crippen LogP contribution in [-0.4, -0.2) is 30.1 Å². The van der Waals surface area contributed by atoms with E-state index >= 15 is 0 Å². The number of fused-ring (bicyclic) bond motifs is 2. The molecule has 0 unspecified atom stereocenters. The minimum absolute atomic E-state index is 0. The summed E-state index contributed by atoms with van der Waals surface area (Å²) in [6.07, 6.45) is 2.32. The van der Waals surface area contributed by atoms with Crippen molar-refractivity contribution in [3.05, 3.63) is 78.0 Å². The first-order chi connectivity index (χ1) is 14.8. The highest BCUT2D eigenvalue weighted by Gasteiger charge is 2.19. The third-order valence-corrected chi connectivity index (χ3v) is 5.76. The maximum Gasteiger partial charge on any atom is 0.355 e. The van der Waals surface area contributed by atoms with Crippen molar-refractivity contribution in [1.29, 1.82) is 0 Å². The van der Waals surface area contributed by atoms with Crippen molar-refractivity contribution in [2.75, 3.05) is 13.1 Å². The number of hydrogen-bond acceptors (Lipinski definition) is 3. The van der Waals surface area contributed by atoms with E-state index in [9.17, 15) is 4.79 Å². The van der Waals surface area contributed by atoms with Crippen LogP contribution < -0.4 is 22.5 Å². The smallest absolute Gasteiger partial charge is 0.355 e. The molecule has 4 aromatic rings. The van der Waals surface area contributed by atoms with Gasteiger partial charge in [0, 0.05) is 23.7 Å². The highest BCUT2D eigenvalue weighted by molar-refractivity contribution is 5.97. The Bertz CT molecular complexity index is 1190. The summed E-state index contributed by atoms with van der Waals surface area (Å²) in [5, 5.41) is 5.48. The third-order valence-electron chi connectivity index (χ3n) is 5.76. The molecule has 0 amide bonds. The lowest BCUT2D eigenvalue weighted by molar-refractivity contribution is -0.664. The van der Waals surface area contributed by atoms with E-state index in [-0.39, 0.29) is 31.1 Å². The van der Waals surface area contributed by atoms with Gasteiger partial charge in [0.25, 0.3) is 0 Å². The fourth-order valence-corrected chi connectivity index (χ4v) is 4.17. The van der Waals surface area contributed by atoms with Crippen LogP contribution in [-0.2, 0) is 11.3 Å². The molecule has 0 radical (unpaired) electrons. The summed E-state index contributed by atoms with van der Waals surface area (Å²) in [6, 6.07) is 21.9. The van der Waals surface area contributed by atoms with Crippen molar-refractivity contribution in [1.82, 2.24) is 4.98 Å². The van der Waals surface area contributed by atoms with Crippen LogP contribution >= 0.6 is 0 Å². The number of hydrogen-bond donors (Lipinski definition) is 2. The fourth-order valence-electron chi connectivity index (χ4n) is 4.17. The van der Waals surface area contributed by atoms with E-state index in [1.165, 1.54) is 0 Å². The first kappa shape index (κ1) is 21.2. The van der Waals surface area contributed by atoms with E-state index in [0.717, 1.165) is 58.9 Å². The zero-order valence-corrected chi connectivity index (χ0v) is 17.9. The van der Waals surface area contributed by atoms with Gasteiger partial charge < -0.3 is 32.2 Å². The van der Waals surface area contributed by atoms with Gasteiger partial charge in [0.1, 0.15) is 24.2 Å². The van der Waals surface area contributed by atoms with Gasteiger partial charge in [-0.15, -0.1) is 0 Å². The van der Waals surface area contributed by atoms with E-state index in [1.807, 2.05) is 54.6 Å². The van der Waals surface area contributed by atoms with E-state index in [1.54, 1.807) is 0 Å².